The number of fused-ring (bicyclic) bond motifs is 1. The molecule has 33 heavy (non-hydrogen) atoms. The Kier molecular flexibility index (Phi) is 6.71. The van der Waals surface area contributed by atoms with Crippen LogP contribution in [-0.2, 0) is 22.5 Å². The number of aromatic nitrogens is 2. The molecule has 7 nitrogen and oxygen atoms in total. The van der Waals surface area contributed by atoms with E-state index in [1.54, 1.807) is 13.8 Å². The molecule has 0 unspecified atom stereocenters. The summed E-state index contributed by atoms with van der Waals surface area (Å²) < 4.78 is 6.60. The zero-order chi connectivity index (χ0) is 23.5. The molecule has 4 aromatic rings. The van der Waals surface area contributed by atoms with E-state index in [0.29, 0.717) is 32.2 Å². The van der Waals surface area contributed by atoms with Crippen LogP contribution in [0.1, 0.15) is 34.9 Å². The smallest absolute Gasteiger partial charge is 0.341 e. The van der Waals surface area contributed by atoms with Crippen molar-refractivity contribution in [3.63, 3.8) is 0 Å². The maximum Gasteiger partial charge on any atom is 0.341 e. The number of anilines is 1. The summed E-state index contributed by atoms with van der Waals surface area (Å²) in [6, 6.07) is 11.3. The van der Waals surface area contributed by atoms with Crippen LogP contribution in [0.25, 0.3) is 21.3 Å². The van der Waals surface area contributed by atoms with Crippen molar-refractivity contribution < 1.29 is 14.3 Å². The molecule has 9 heteroatoms. The molecule has 3 heterocycles. The number of esters is 1. The second-order valence-corrected chi connectivity index (χ2v) is 9.32. The summed E-state index contributed by atoms with van der Waals surface area (Å²) in [6.07, 6.45) is 0.818. The van der Waals surface area contributed by atoms with Crippen LogP contribution in [0.4, 0.5) is 5.00 Å². The van der Waals surface area contributed by atoms with Crippen LogP contribution in [0.2, 0.25) is 0 Å². The van der Waals surface area contributed by atoms with Gasteiger partial charge < -0.3 is 10.1 Å². The first-order valence-electron chi connectivity index (χ1n) is 10.6. The van der Waals surface area contributed by atoms with E-state index in [9.17, 15) is 14.4 Å². The minimum atomic E-state index is -0.505. The topological polar surface area (TPSA) is 90.3 Å². The highest BCUT2D eigenvalue weighted by Crippen LogP contribution is 2.36. The monoisotopic (exact) mass is 481 g/mol. The lowest BCUT2D eigenvalue weighted by Gasteiger charge is -2.11. The van der Waals surface area contributed by atoms with Gasteiger partial charge in [0.25, 0.3) is 5.56 Å². The van der Waals surface area contributed by atoms with Crippen molar-refractivity contribution in [1.29, 1.82) is 0 Å². The third-order valence-corrected chi connectivity index (χ3v) is 7.22. The van der Waals surface area contributed by atoms with E-state index in [4.69, 9.17) is 4.74 Å². The molecular weight excluding hydrogens is 458 g/mol. The zero-order valence-corrected chi connectivity index (χ0v) is 20.1. The van der Waals surface area contributed by atoms with Gasteiger partial charge in [0.2, 0.25) is 5.91 Å². The molecule has 0 aliphatic rings. The number of hydrogen-bond donors (Lipinski definition) is 1. The molecule has 1 amide bonds. The molecule has 0 saturated heterocycles. The number of carbonyl (C=O) groups is 2. The highest BCUT2D eigenvalue weighted by atomic mass is 32.1. The van der Waals surface area contributed by atoms with Crippen molar-refractivity contribution in [3.05, 3.63) is 68.4 Å². The molecule has 0 aliphatic heterocycles. The Balaban J connectivity index is 1.65. The van der Waals surface area contributed by atoms with E-state index in [1.165, 1.54) is 27.2 Å². The first kappa shape index (κ1) is 22.9. The molecule has 1 aromatic carbocycles. The van der Waals surface area contributed by atoms with Gasteiger partial charge in [0.1, 0.15) is 27.8 Å². The maximum atomic E-state index is 13.0. The molecule has 0 saturated carbocycles. The zero-order valence-electron chi connectivity index (χ0n) is 18.5. The van der Waals surface area contributed by atoms with E-state index < -0.39 is 11.9 Å². The molecule has 3 aromatic heterocycles. The lowest BCUT2D eigenvalue weighted by molar-refractivity contribution is -0.116. The van der Waals surface area contributed by atoms with Crippen molar-refractivity contribution in [2.75, 3.05) is 11.9 Å². The average Bonchev–Trinajstić information content (AvgIpc) is 3.41. The van der Waals surface area contributed by atoms with E-state index in [-0.39, 0.29) is 18.7 Å². The highest BCUT2D eigenvalue weighted by Gasteiger charge is 2.23. The minimum absolute atomic E-state index is 0.203. The predicted octanol–water partition coefficient (Wildman–Crippen LogP) is 4.87. The van der Waals surface area contributed by atoms with Gasteiger partial charge in [-0.1, -0.05) is 37.3 Å². The van der Waals surface area contributed by atoms with Crippen LogP contribution in [0, 0.1) is 6.92 Å². The van der Waals surface area contributed by atoms with Crippen LogP contribution >= 0.6 is 22.7 Å². The molecule has 170 valence electrons. The Morgan fingerprint density at radius 1 is 1.18 bits per heavy atom. The highest BCUT2D eigenvalue weighted by molar-refractivity contribution is 7.18. The Morgan fingerprint density at radius 3 is 2.64 bits per heavy atom. The number of benzene rings is 1. The lowest BCUT2D eigenvalue weighted by atomic mass is 10.0. The summed E-state index contributed by atoms with van der Waals surface area (Å²) in [5.74, 6) is -0.456. The summed E-state index contributed by atoms with van der Waals surface area (Å²) in [6.45, 7) is 5.48. The Hall–Kier alpha value is -3.30. The molecule has 0 bridgehead atoms. The largest absolute Gasteiger partial charge is 0.462 e. The van der Waals surface area contributed by atoms with Gasteiger partial charge in [-0.15, -0.1) is 22.7 Å². The number of ether oxygens (including phenoxy) is 1. The van der Waals surface area contributed by atoms with Crippen molar-refractivity contribution >= 4 is 49.8 Å². The summed E-state index contributed by atoms with van der Waals surface area (Å²) in [5.41, 5.74) is 1.61. The lowest BCUT2D eigenvalue weighted by Crippen LogP contribution is -2.30. The molecule has 0 aliphatic carbocycles. The van der Waals surface area contributed by atoms with Crippen LogP contribution < -0.4 is 10.9 Å². The van der Waals surface area contributed by atoms with Crippen LogP contribution in [0.5, 0.6) is 0 Å². The summed E-state index contributed by atoms with van der Waals surface area (Å²) in [4.78, 5) is 44.9. The van der Waals surface area contributed by atoms with Crippen molar-refractivity contribution in [2.45, 2.75) is 33.7 Å². The molecule has 0 atom stereocenters. The van der Waals surface area contributed by atoms with Gasteiger partial charge in [0.05, 0.1) is 12.0 Å². The number of amides is 1. The number of nitrogens with one attached hydrogen (secondary N) is 1. The van der Waals surface area contributed by atoms with Crippen LogP contribution in [0.3, 0.4) is 0 Å². The number of hydrogen-bond acceptors (Lipinski definition) is 7. The normalized spacial score (nSPS) is 11.0. The fourth-order valence-corrected chi connectivity index (χ4v) is 5.50. The van der Waals surface area contributed by atoms with Gasteiger partial charge in [-0.2, -0.15) is 0 Å². The number of thiophene rings is 2. The molecular formula is C24H23N3O4S2. The average molecular weight is 482 g/mol. The van der Waals surface area contributed by atoms with Crippen LogP contribution in [0.15, 0.2) is 46.6 Å². The van der Waals surface area contributed by atoms with Gasteiger partial charge >= 0.3 is 5.97 Å². The summed E-state index contributed by atoms with van der Waals surface area (Å²) >= 11 is 2.74. The van der Waals surface area contributed by atoms with Gasteiger partial charge in [0.15, 0.2) is 0 Å². The van der Waals surface area contributed by atoms with Crippen molar-refractivity contribution in [3.8, 4) is 11.1 Å². The van der Waals surface area contributed by atoms with Gasteiger partial charge in [-0.05, 0) is 31.9 Å². The number of aryl methyl sites for hydroxylation is 2. The molecule has 0 fully saturated rings. The van der Waals surface area contributed by atoms with E-state index in [1.807, 2.05) is 48.7 Å². The second-order valence-electron chi connectivity index (χ2n) is 7.32. The Morgan fingerprint density at radius 2 is 1.94 bits per heavy atom. The maximum absolute atomic E-state index is 13.0. The fraction of sp³-hybridized carbons (Fsp3) is 0.250. The number of rotatable bonds is 7. The summed E-state index contributed by atoms with van der Waals surface area (Å²) in [5, 5.41) is 5.53. The first-order valence-corrected chi connectivity index (χ1v) is 12.3. The number of nitrogens with zero attached hydrogens (tertiary/aromatic N) is 2. The van der Waals surface area contributed by atoms with Gasteiger partial charge in [-0.3, -0.25) is 14.2 Å². The van der Waals surface area contributed by atoms with E-state index >= 15 is 0 Å². The van der Waals surface area contributed by atoms with E-state index in [0.717, 1.165) is 16.9 Å². The third kappa shape index (κ3) is 4.60. The SMILES string of the molecule is CCOC(=O)c1c(-c2ccccc2)csc1NC(=O)Cn1c(C)nc2sc(CC)cc2c1=O. The third-order valence-electron chi connectivity index (χ3n) is 5.15. The predicted molar refractivity (Wildman–Crippen MR) is 132 cm³/mol. The molecule has 1 N–H and O–H groups in total. The molecule has 0 spiro atoms. The quantitative estimate of drug-likeness (QED) is 0.380. The fourth-order valence-electron chi connectivity index (χ4n) is 3.52. The molecule has 0 radical (unpaired) electrons. The standard InChI is InChI=1S/C24H23N3O4S2/c1-4-16-11-17-21(33-16)25-14(3)27(23(17)29)12-19(28)26-22-20(24(30)31-5-2)18(13-32-22)15-9-7-6-8-10-15/h6-11,13H,4-5,12H2,1-3H3,(H,26,28). The van der Waals surface area contributed by atoms with Gasteiger partial charge in [-0.25, -0.2) is 9.78 Å². The van der Waals surface area contributed by atoms with E-state index in [2.05, 4.69) is 10.3 Å². The van der Waals surface area contributed by atoms with Crippen molar-refractivity contribution in [2.24, 2.45) is 0 Å². The molecule has 4 rings (SSSR count). The number of carbonyl (C=O) groups excluding carboxylic acids is 2. The van der Waals surface area contributed by atoms with Gasteiger partial charge in [0, 0.05) is 15.8 Å². The minimum Gasteiger partial charge on any atom is -0.462 e. The first-order chi connectivity index (χ1) is 15.9. The van der Waals surface area contributed by atoms with Crippen LogP contribution in [-0.4, -0.2) is 28.0 Å². The Labute approximate surface area is 198 Å². The van der Waals surface area contributed by atoms with Crippen molar-refractivity contribution in [1.82, 2.24) is 9.55 Å². The summed E-state index contributed by atoms with van der Waals surface area (Å²) in [7, 11) is 0. The second kappa shape index (κ2) is 9.68. The Bertz CT molecular complexity index is 1390.